The molecule has 1 rings (SSSR count). The summed E-state index contributed by atoms with van der Waals surface area (Å²) in [6.45, 7) is -0.209. The summed E-state index contributed by atoms with van der Waals surface area (Å²) in [5, 5.41) is 2.16. The van der Waals surface area contributed by atoms with Crippen LogP contribution >= 0.6 is 0 Å². The van der Waals surface area contributed by atoms with Crippen LogP contribution in [0, 0.1) is 0 Å². The van der Waals surface area contributed by atoms with Crippen molar-refractivity contribution in [2.24, 2.45) is 0 Å². The van der Waals surface area contributed by atoms with Crippen LogP contribution in [0.25, 0.3) is 0 Å². The van der Waals surface area contributed by atoms with Gasteiger partial charge in [-0.15, -0.1) is 0 Å². The first-order valence-electron chi connectivity index (χ1n) is 4.65. The maximum absolute atomic E-state index is 11.0. The smallest absolute Gasteiger partial charge is 0.407 e. The molecule has 0 aliphatic rings. The lowest BCUT2D eigenvalue weighted by Gasteiger charge is -2.04. The highest BCUT2D eigenvalue weighted by Gasteiger charge is 2.04. The van der Waals surface area contributed by atoms with Crippen LogP contribution in [-0.4, -0.2) is 24.7 Å². The van der Waals surface area contributed by atoms with Crippen molar-refractivity contribution in [2.75, 3.05) is 6.54 Å². The Morgan fingerprint density at radius 2 is 1.94 bits per heavy atom. The number of carbonyl (C=O) groups is 3. The monoisotopic (exact) mass is 221 g/mol. The molecule has 0 saturated carbocycles. The number of benzene rings is 1. The topological polar surface area (TPSA) is 72.5 Å². The fourth-order valence-electron chi connectivity index (χ4n) is 0.975. The number of ketones is 1. The Morgan fingerprint density at radius 1 is 1.25 bits per heavy atom. The van der Waals surface area contributed by atoms with Crippen LogP contribution in [0.4, 0.5) is 4.79 Å². The Hall–Kier alpha value is -2.17. The highest BCUT2D eigenvalue weighted by molar-refractivity contribution is 6.26. The van der Waals surface area contributed by atoms with Gasteiger partial charge in [-0.3, -0.25) is 9.59 Å². The second-order valence-corrected chi connectivity index (χ2v) is 3.00. The minimum atomic E-state index is -0.723. The normalized spacial score (nSPS) is 9.25. The van der Waals surface area contributed by atoms with Crippen LogP contribution in [0.3, 0.4) is 0 Å². The van der Waals surface area contributed by atoms with Gasteiger partial charge in [0.15, 0.2) is 6.29 Å². The van der Waals surface area contributed by atoms with Gasteiger partial charge in [0.05, 0.1) is 6.54 Å². The van der Waals surface area contributed by atoms with E-state index in [9.17, 15) is 14.4 Å². The molecule has 1 aromatic rings. The Labute approximate surface area is 92.4 Å². The molecular weight excluding hydrogens is 210 g/mol. The van der Waals surface area contributed by atoms with E-state index in [-0.39, 0.29) is 19.4 Å². The lowest BCUT2D eigenvalue weighted by Crippen LogP contribution is -2.30. The fraction of sp³-hybridized carbons (Fsp3) is 0.182. The van der Waals surface area contributed by atoms with E-state index in [1.807, 2.05) is 30.3 Å². The number of aldehydes is 1. The summed E-state index contributed by atoms with van der Waals surface area (Å²) in [7, 11) is 0. The molecule has 16 heavy (non-hydrogen) atoms. The molecule has 0 bridgehead atoms. The molecule has 1 amide bonds. The van der Waals surface area contributed by atoms with Gasteiger partial charge in [0.25, 0.3) is 0 Å². The van der Waals surface area contributed by atoms with Gasteiger partial charge in [-0.1, -0.05) is 30.3 Å². The van der Waals surface area contributed by atoms with Gasteiger partial charge in [-0.25, -0.2) is 4.79 Å². The van der Waals surface area contributed by atoms with E-state index in [0.717, 1.165) is 5.56 Å². The van der Waals surface area contributed by atoms with E-state index < -0.39 is 11.9 Å². The lowest BCUT2D eigenvalue weighted by atomic mass is 10.2. The van der Waals surface area contributed by atoms with Crippen molar-refractivity contribution in [2.45, 2.75) is 6.61 Å². The molecule has 5 nitrogen and oxygen atoms in total. The first-order valence-corrected chi connectivity index (χ1v) is 4.65. The van der Waals surface area contributed by atoms with Crippen molar-refractivity contribution in [3.05, 3.63) is 35.9 Å². The van der Waals surface area contributed by atoms with Crippen molar-refractivity contribution in [3.8, 4) is 0 Å². The minimum absolute atomic E-state index is 0.127. The molecule has 0 fully saturated rings. The standard InChI is InChI=1S/C11H11NO4/c13-7-10(14)6-12-11(15)16-8-9-4-2-1-3-5-9/h1-5,7H,6,8H2,(H,12,15). The molecule has 0 saturated heterocycles. The van der Waals surface area contributed by atoms with Crippen molar-refractivity contribution in [1.29, 1.82) is 0 Å². The van der Waals surface area contributed by atoms with Crippen LogP contribution in [0.2, 0.25) is 0 Å². The van der Waals surface area contributed by atoms with Gasteiger partial charge in [0.1, 0.15) is 6.61 Å². The van der Waals surface area contributed by atoms with Crippen molar-refractivity contribution >= 4 is 18.2 Å². The first kappa shape index (κ1) is 11.9. The number of carbonyl (C=O) groups excluding carboxylic acids is 3. The highest BCUT2D eigenvalue weighted by Crippen LogP contribution is 2.00. The maximum Gasteiger partial charge on any atom is 0.407 e. The fourth-order valence-corrected chi connectivity index (χ4v) is 0.975. The predicted octanol–water partition coefficient (Wildman–Crippen LogP) is 0.681. The van der Waals surface area contributed by atoms with E-state index in [1.54, 1.807) is 0 Å². The van der Waals surface area contributed by atoms with Crippen LogP contribution in [0.15, 0.2) is 30.3 Å². The number of Topliss-reactive ketones (excluding diaryl/α,β-unsaturated/α-hetero) is 1. The Bertz CT molecular complexity index is 375. The third-order valence-corrected chi connectivity index (χ3v) is 1.75. The highest BCUT2D eigenvalue weighted by atomic mass is 16.5. The van der Waals surface area contributed by atoms with Crippen molar-refractivity contribution in [1.82, 2.24) is 5.32 Å². The Balaban J connectivity index is 2.25. The number of ether oxygens (including phenoxy) is 1. The third kappa shape index (κ3) is 4.36. The summed E-state index contributed by atoms with van der Waals surface area (Å²) in [4.78, 5) is 31.5. The zero-order valence-corrected chi connectivity index (χ0v) is 8.51. The van der Waals surface area contributed by atoms with Crippen molar-refractivity contribution in [3.63, 3.8) is 0 Å². The zero-order valence-electron chi connectivity index (χ0n) is 8.51. The molecular formula is C11H11NO4. The molecule has 84 valence electrons. The molecule has 0 unspecified atom stereocenters. The number of hydrogen-bond donors (Lipinski definition) is 1. The second-order valence-electron chi connectivity index (χ2n) is 3.00. The minimum Gasteiger partial charge on any atom is -0.445 e. The summed E-state index contributed by atoms with van der Waals surface area (Å²) >= 11 is 0. The Morgan fingerprint density at radius 3 is 2.56 bits per heavy atom. The molecule has 1 N–H and O–H groups in total. The molecule has 0 atom stereocenters. The Kier molecular flexibility index (Phi) is 4.72. The summed E-state index contributed by atoms with van der Waals surface area (Å²) < 4.78 is 4.80. The molecule has 5 heteroatoms. The van der Waals surface area contributed by atoms with Crippen LogP contribution < -0.4 is 5.32 Å². The van der Waals surface area contributed by atoms with Crippen LogP contribution in [-0.2, 0) is 20.9 Å². The van der Waals surface area contributed by atoms with E-state index in [1.165, 1.54) is 0 Å². The van der Waals surface area contributed by atoms with Crippen molar-refractivity contribution < 1.29 is 19.1 Å². The van der Waals surface area contributed by atoms with Gasteiger partial charge in [0.2, 0.25) is 5.78 Å². The third-order valence-electron chi connectivity index (χ3n) is 1.75. The first-order chi connectivity index (χ1) is 7.72. The number of amides is 1. The summed E-state index contributed by atoms with van der Waals surface area (Å²) in [6.07, 6.45) is -0.573. The zero-order chi connectivity index (χ0) is 11.8. The summed E-state index contributed by atoms with van der Waals surface area (Å²) in [5.41, 5.74) is 0.847. The molecule has 0 aliphatic carbocycles. The van der Waals surface area contributed by atoms with E-state index in [2.05, 4.69) is 5.32 Å². The number of hydrogen-bond acceptors (Lipinski definition) is 4. The number of alkyl carbamates (subject to hydrolysis) is 1. The SMILES string of the molecule is O=CC(=O)CNC(=O)OCc1ccccc1. The molecule has 0 aliphatic heterocycles. The number of rotatable bonds is 5. The molecule has 0 heterocycles. The predicted molar refractivity (Wildman–Crippen MR) is 55.7 cm³/mol. The molecule has 1 aromatic carbocycles. The summed E-state index contributed by atoms with van der Waals surface area (Å²) in [5.74, 6) is -0.698. The van der Waals surface area contributed by atoms with Crippen LogP contribution in [0.1, 0.15) is 5.56 Å². The largest absolute Gasteiger partial charge is 0.445 e. The van der Waals surface area contributed by atoms with Gasteiger partial charge < -0.3 is 10.1 Å². The van der Waals surface area contributed by atoms with Gasteiger partial charge in [0, 0.05) is 0 Å². The average molecular weight is 221 g/mol. The molecule has 0 spiro atoms. The number of nitrogens with one attached hydrogen (secondary N) is 1. The second kappa shape index (κ2) is 6.34. The van der Waals surface area contributed by atoms with Gasteiger partial charge >= 0.3 is 6.09 Å². The van der Waals surface area contributed by atoms with E-state index in [0.29, 0.717) is 0 Å². The van der Waals surface area contributed by atoms with Gasteiger partial charge in [-0.05, 0) is 5.56 Å². The van der Waals surface area contributed by atoms with Crippen LogP contribution in [0.5, 0.6) is 0 Å². The lowest BCUT2D eigenvalue weighted by molar-refractivity contribution is -0.129. The molecule has 0 radical (unpaired) electrons. The van der Waals surface area contributed by atoms with Gasteiger partial charge in [-0.2, -0.15) is 0 Å². The van der Waals surface area contributed by atoms with E-state index in [4.69, 9.17) is 4.74 Å². The maximum atomic E-state index is 11.0. The quantitative estimate of drug-likeness (QED) is 0.586. The summed E-state index contributed by atoms with van der Waals surface area (Å²) in [6, 6.07) is 9.12. The molecule has 0 aromatic heterocycles. The van der Waals surface area contributed by atoms with E-state index >= 15 is 0 Å². The average Bonchev–Trinajstić information content (AvgIpc) is 2.34.